The summed E-state index contributed by atoms with van der Waals surface area (Å²) >= 11 is 0. The summed E-state index contributed by atoms with van der Waals surface area (Å²) in [6, 6.07) is 19.5. The first-order valence-corrected chi connectivity index (χ1v) is 10.7. The topological polar surface area (TPSA) is 76.1 Å². The molecule has 6 heteroatoms. The van der Waals surface area contributed by atoms with Crippen molar-refractivity contribution in [1.82, 2.24) is 4.90 Å². The van der Waals surface area contributed by atoms with Gasteiger partial charge in [0.05, 0.1) is 18.2 Å². The SMILES string of the molecule is C=CCOc1cccc(C2/C(=C(/O)c3cccc4ccccc34)C(=O)C(=O)N2CCOC)c1. The number of hydrogen-bond donors (Lipinski definition) is 1. The summed E-state index contributed by atoms with van der Waals surface area (Å²) in [4.78, 5) is 27.6. The quantitative estimate of drug-likeness (QED) is 0.241. The molecule has 0 aliphatic carbocycles. The lowest BCUT2D eigenvalue weighted by atomic mass is 9.93. The number of nitrogens with zero attached hydrogens (tertiary/aromatic N) is 1. The Balaban J connectivity index is 1.90. The maximum Gasteiger partial charge on any atom is 0.295 e. The van der Waals surface area contributed by atoms with Gasteiger partial charge in [0.2, 0.25) is 0 Å². The van der Waals surface area contributed by atoms with Crippen LogP contribution in [0.15, 0.2) is 85.0 Å². The van der Waals surface area contributed by atoms with E-state index < -0.39 is 17.7 Å². The van der Waals surface area contributed by atoms with Crippen LogP contribution in [0.5, 0.6) is 5.75 Å². The summed E-state index contributed by atoms with van der Waals surface area (Å²) in [7, 11) is 1.53. The maximum absolute atomic E-state index is 13.2. The van der Waals surface area contributed by atoms with Crippen molar-refractivity contribution in [3.05, 3.63) is 96.1 Å². The molecule has 3 aromatic carbocycles. The predicted octanol–water partition coefficient (Wildman–Crippen LogP) is 4.47. The molecule has 1 atom stereocenters. The number of fused-ring (bicyclic) bond motifs is 1. The van der Waals surface area contributed by atoms with Crippen molar-refractivity contribution >= 4 is 28.2 Å². The highest BCUT2D eigenvalue weighted by atomic mass is 16.5. The van der Waals surface area contributed by atoms with Gasteiger partial charge in [0.1, 0.15) is 18.1 Å². The van der Waals surface area contributed by atoms with E-state index in [1.165, 1.54) is 12.0 Å². The molecule has 0 spiro atoms. The van der Waals surface area contributed by atoms with Gasteiger partial charge in [0, 0.05) is 19.2 Å². The molecule has 1 fully saturated rings. The molecule has 6 nitrogen and oxygen atoms in total. The molecular weight excluding hydrogens is 418 g/mol. The molecule has 1 aliphatic heterocycles. The molecule has 1 heterocycles. The van der Waals surface area contributed by atoms with Crippen LogP contribution in [0.25, 0.3) is 16.5 Å². The average Bonchev–Trinajstić information content (AvgIpc) is 3.10. The Labute approximate surface area is 192 Å². The zero-order valence-electron chi connectivity index (χ0n) is 18.4. The van der Waals surface area contributed by atoms with Gasteiger partial charge in [0.25, 0.3) is 11.7 Å². The number of rotatable bonds is 8. The second-order valence-corrected chi connectivity index (χ2v) is 7.68. The van der Waals surface area contributed by atoms with E-state index in [4.69, 9.17) is 9.47 Å². The monoisotopic (exact) mass is 443 g/mol. The molecule has 3 aromatic rings. The largest absolute Gasteiger partial charge is 0.507 e. The normalized spacial score (nSPS) is 17.5. The molecular formula is C27H25NO5. The van der Waals surface area contributed by atoms with Gasteiger partial charge in [-0.3, -0.25) is 9.59 Å². The van der Waals surface area contributed by atoms with Crippen molar-refractivity contribution < 1.29 is 24.2 Å². The Kier molecular flexibility index (Phi) is 6.56. The van der Waals surface area contributed by atoms with E-state index in [-0.39, 0.29) is 24.5 Å². The van der Waals surface area contributed by atoms with Crippen molar-refractivity contribution in [2.75, 3.05) is 26.9 Å². The van der Waals surface area contributed by atoms with Gasteiger partial charge in [0.15, 0.2) is 0 Å². The molecule has 0 aromatic heterocycles. The molecule has 168 valence electrons. The second kappa shape index (κ2) is 9.71. The standard InChI is InChI=1S/C27H25NO5/c1-3-15-33-20-11-6-10-19(17-20)24-23(26(30)27(31)28(24)14-16-32-2)25(29)22-13-7-9-18-8-4-5-12-21(18)22/h3-13,17,24,29H,1,14-16H2,2H3/b25-23-. The number of hydrogen-bond acceptors (Lipinski definition) is 5. The van der Waals surface area contributed by atoms with Crippen LogP contribution in [-0.4, -0.2) is 48.6 Å². The van der Waals surface area contributed by atoms with Crippen LogP contribution in [0, 0.1) is 0 Å². The van der Waals surface area contributed by atoms with Gasteiger partial charge >= 0.3 is 0 Å². The minimum atomic E-state index is -0.772. The Bertz CT molecular complexity index is 1240. The third kappa shape index (κ3) is 4.25. The number of aliphatic hydroxyl groups excluding tert-OH is 1. The Morgan fingerprint density at radius 2 is 1.85 bits per heavy atom. The summed E-state index contributed by atoms with van der Waals surface area (Å²) < 4.78 is 10.8. The third-order valence-corrected chi connectivity index (χ3v) is 5.66. The van der Waals surface area contributed by atoms with Crippen molar-refractivity contribution in [2.45, 2.75) is 6.04 Å². The minimum absolute atomic E-state index is 0.0494. The fraction of sp³-hybridized carbons (Fsp3) is 0.185. The van der Waals surface area contributed by atoms with Crippen molar-refractivity contribution in [3.63, 3.8) is 0 Å². The number of carbonyl (C=O) groups excluding carboxylic acids is 2. The summed E-state index contributed by atoms with van der Waals surface area (Å²) in [5.41, 5.74) is 1.21. The Morgan fingerprint density at radius 3 is 2.64 bits per heavy atom. The first-order valence-electron chi connectivity index (χ1n) is 10.7. The number of aliphatic hydroxyl groups is 1. The first-order chi connectivity index (χ1) is 16.1. The molecule has 0 radical (unpaired) electrons. The second-order valence-electron chi connectivity index (χ2n) is 7.68. The van der Waals surface area contributed by atoms with E-state index in [0.717, 1.165) is 10.8 Å². The number of methoxy groups -OCH3 is 1. The Hall–Kier alpha value is -3.90. The van der Waals surface area contributed by atoms with E-state index in [1.54, 1.807) is 30.3 Å². The van der Waals surface area contributed by atoms with Crippen LogP contribution >= 0.6 is 0 Å². The number of benzene rings is 3. The molecule has 1 N–H and O–H groups in total. The summed E-state index contributed by atoms with van der Waals surface area (Å²) in [5, 5.41) is 13.1. The molecule has 1 amide bonds. The van der Waals surface area contributed by atoms with Crippen molar-refractivity contribution in [3.8, 4) is 5.75 Å². The number of likely N-dealkylation sites (tertiary alicyclic amines) is 1. The fourth-order valence-electron chi connectivity index (χ4n) is 4.15. The summed E-state index contributed by atoms with van der Waals surface area (Å²) in [6.07, 6.45) is 1.64. The van der Waals surface area contributed by atoms with Gasteiger partial charge < -0.3 is 19.5 Å². The summed E-state index contributed by atoms with van der Waals surface area (Å²) in [5.74, 6) is -1.02. The highest BCUT2D eigenvalue weighted by molar-refractivity contribution is 6.46. The average molecular weight is 443 g/mol. The molecule has 33 heavy (non-hydrogen) atoms. The van der Waals surface area contributed by atoms with E-state index in [1.807, 2.05) is 42.5 Å². The van der Waals surface area contributed by atoms with Gasteiger partial charge in [-0.25, -0.2) is 0 Å². The van der Waals surface area contributed by atoms with E-state index in [0.29, 0.717) is 23.5 Å². The zero-order valence-corrected chi connectivity index (χ0v) is 18.4. The number of amides is 1. The van der Waals surface area contributed by atoms with E-state index in [2.05, 4.69) is 6.58 Å². The van der Waals surface area contributed by atoms with Crippen LogP contribution in [0.3, 0.4) is 0 Å². The van der Waals surface area contributed by atoms with Crippen LogP contribution in [0.1, 0.15) is 17.2 Å². The van der Waals surface area contributed by atoms with Crippen LogP contribution in [0.4, 0.5) is 0 Å². The zero-order chi connectivity index (χ0) is 23.4. The van der Waals surface area contributed by atoms with Crippen molar-refractivity contribution in [2.24, 2.45) is 0 Å². The first kappa shape index (κ1) is 22.3. The third-order valence-electron chi connectivity index (χ3n) is 5.66. The van der Waals surface area contributed by atoms with Crippen molar-refractivity contribution in [1.29, 1.82) is 0 Å². The lowest BCUT2D eigenvalue weighted by Gasteiger charge is -2.25. The number of ketones is 1. The lowest BCUT2D eigenvalue weighted by Crippen LogP contribution is -2.32. The molecule has 1 saturated heterocycles. The van der Waals surface area contributed by atoms with Gasteiger partial charge in [-0.05, 0) is 28.5 Å². The fourth-order valence-corrected chi connectivity index (χ4v) is 4.15. The number of ether oxygens (including phenoxy) is 2. The van der Waals surface area contributed by atoms with Gasteiger partial charge in [-0.15, -0.1) is 0 Å². The molecule has 1 aliphatic rings. The number of carbonyl (C=O) groups is 2. The smallest absolute Gasteiger partial charge is 0.295 e. The van der Waals surface area contributed by atoms with Crippen LogP contribution in [-0.2, 0) is 14.3 Å². The highest BCUT2D eigenvalue weighted by Crippen LogP contribution is 2.41. The van der Waals surface area contributed by atoms with Gasteiger partial charge in [-0.1, -0.05) is 67.3 Å². The lowest BCUT2D eigenvalue weighted by molar-refractivity contribution is -0.140. The minimum Gasteiger partial charge on any atom is -0.507 e. The Morgan fingerprint density at radius 1 is 1.09 bits per heavy atom. The van der Waals surface area contributed by atoms with Crippen LogP contribution in [0.2, 0.25) is 0 Å². The van der Waals surface area contributed by atoms with Crippen LogP contribution < -0.4 is 4.74 Å². The maximum atomic E-state index is 13.2. The predicted molar refractivity (Wildman–Crippen MR) is 127 cm³/mol. The number of Topliss-reactive ketones (excluding diaryl/α,β-unsaturated/α-hetero) is 1. The van der Waals surface area contributed by atoms with E-state index in [9.17, 15) is 14.7 Å². The van der Waals surface area contributed by atoms with Gasteiger partial charge in [-0.2, -0.15) is 0 Å². The van der Waals surface area contributed by atoms with E-state index >= 15 is 0 Å². The molecule has 0 saturated carbocycles. The summed E-state index contributed by atoms with van der Waals surface area (Å²) in [6.45, 7) is 4.44. The molecule has 0 bridgehead atoms. The molecule has 1 unspecified atom stereocenters. The molecule has 4 rings (SSSR count). The highest BCUT2D eigenvalue weighted by Gasteiger charge is 2.46.